The lowest BCUT2D eigenvalue weighted by Gasteiger charge is -2.16. The van der Waals surface area contributed by atoms with Gasteiger partial charge in [0.1, 0.15) is 44.4 Å². The zero-order valence-corrected chi connectivity index (χ0v) is 23.0. The number of esters is 4. The van der Waals surface area contributed by atoms with E-state index in [1.807, 2.05) is 0 Å². The fraction of sp³-hybridized carbons (Fsp3) is 0.607. The van der Waals surface area contributed by atoms with Gasteiger partial charge in [-0.3, -0.25) is 14.4 Å². The summed E-state index contributed by atoms with van der Waals surface area (Å²) in [7, 11) is 0. The molecule has 0 bridgehead atoms. The molecular weight excluding hydrogens is 512 g/mol. The van der Waals surface area contributed by atoms with Gasteiger partial charge in [-0.15, -0.1) is 0 Å². The minimum Gasteiger partial charge on any atom is -0.463 e. The Morgan fingerprint density at radius 3 is 1.72 bits per heavy atom. The van der Waals surface area contributed by atoms with E-state index in [9.17, 15) is 24.0 Å². The summed E-state index contributed by atoms with van der Waals surface area (Å²) >= 11 is 0. The first-order valence-corrected chi connectivity index (χ1v) is 13.2. The van der Waals surface area contributed by atoms with Crippen molar-refractivity contribution in [3.05, 3.63) is 35.9 Å². The molecular formula is C28H40O11. The SMILES string of the molecule is CC(COC(=O)CCCCC(=O)OC(C)COC(=O)CCCCC=O)OOC(C)COC(=O)c1ccccc1. The number of rotatable bonds is 21. The molecule has 0 radical (unpaired) electrons. The molecule has 0 amide bonds. The topological polar surface area (TPSA) is 141 Å². The second-order valence-electron chi connectivity index (χ2n) is 9.06. The van der Waals surface area contributed by atoms with E-state index in [2.05, 4.69) is 0 Å². The van der Waals surface area contributed by atoms with Crippen molar-refractivity contribution in [2.45, 2.75) is 90.4 Å². The summed E-state index contributed by atoms with van der Waals surface area (Å²) in [6.07, 6.45) is 2.12. The Bertz CT molecular complexity index is 872. The third-order valence-corrected chi connectivity index (χ3v) is 5.10. The first-order valence-electron chi connectivity index (χ1n) is 13.2. The minimum absolute atomic E-state index is 0.00395. The van der Waals surface area contributed by atoms with E-state index in [1.54, 1.807) is 51.1 Å². The summed E-state index contributed by atoms with van der Waals surface area (Å²) in [4.78, 5) is 68.0. The Labute approximate surface area is 229 Å². The zero-order chi connectivity index (χ0) is 28.9. The van der Waals surface area contributed by atoms with Gasteiger partial charge in [-0.2, -0.15) is 0 Å². The van der Waals surface area contributed by atoms with Crippen LogP contribution in [0, 0.1) is 0 Å². The summed E-state index contributed by atoms with van der Waals surface area (Å²) in [5, 5.41) is 0. The lowest BCUT2D eigenvalue weighted by Crippen LogP contribution is -2.25. The van der Waals surface area contributed by atoms with Gasteiger partial charge in [0, 0.05) is 25.7 Å². The van der Waals surface area contributed by atoms with Gasteiger partial charge >= 0.3 is 23.9 Å². The Kier molecular flexibility index (Phi) is 17.8. The Morgan fingerprint density at radius 2 is 1.15 bits per heavy atom. The number of carbonyl (C=O) groups excluding carboxylic acids is 5. The van der Waals surface area contributed by atoms with E-state index in [4.69, 9.17) is 28.7 Å². The maximum atomic E-state index is 11.9. The van der Waals surface area contributed by atoms with Crippen molar-refractivity contribution in [1.82, 2.24) is 0 Å². The van der Waals surface area contributed by atoms with Crippen molar-refractivity contribution >= 4 is 30.2 Å². The van der Waals surface area contributed by atoms with Gasteiger partial charge in [-0.05, 0) is 58.6 Å². The molecule has 0 aliphatic carbocycles. The van der Waals surface area contributed by atoms with Gasteiger partial charge in [0.15, 0.2) is 0 Å². The standard InChI is InChI=1S/C28H40O11/c1-21(18-34-25(30)14-8-5-11-17-29)37-27(32)16-10-9-15-26(31)35-19-22(2)38-39-23(3)20-36-28(33)24-12-6-4-7-13-24/h4,6-7,12-13,17,21-23H,5,8-11,14-16,18-20H2,1-3H3. The maximum Gasteiger partial charge on any atom is 0.338 e. The Balaban J connectivity index is 2.05. The number of ether oxygens (including phenoxy) is 4. The number of hydrogen-bond acceptors (Lipinski definition) is 11. The number of aldehydes is 1. The van der Waals surface area contributed by atoms with Gasteiger partial charge in [-0.25, -0.2) is 14.6 Å². The van der Waals surface area contributed by atoms with E-state index in [0.29, 0.717) is 37.7 Å². The molecule has 0 aromatic heterocycles. The van der Waals surface area contributed by atoms with Crippen LogP contribution in [0.4, 0.5) is 0 Å². The average molecular weight is 553 g/mol. The van der Waals surface area contributed by atoms with Gasteiger partial charge in [0.25, 0.3) is 0 Å². The van der Waals surface area contributed by atoms with Crippen LogP contribution in [0.1, 0.15) is 82.5 Å². The average Bonchev–Trinajstić information content (AvgIpc) is 2.93. The summed E-state index contributed by atoms with van der Waals surface area (Å²) in [6.45, 7) is 4.90. The number of hydrogen-bond donors (Lipinski definition) is 0. The Morgan fingerprint density at radius 1 is 0.667 bits per heavy atom. The summed E-state index contributed by atoms with van der Waals surface area (Å²) in [6, 6.07) is 8.58. The summed E-state index contributed by atoms with van der Waals surface area (Å²) in [5.74, 6) is -1.74. The van der Waals surface area contributed by atoms with Crippen LogP contribution in [0.3, 0.4) is 0 Å². The zero-order valence-electron chi connectivity index (χ0n) is 23.0. The molecule has 3 atom stereocenters. The molecule has 11 heteroatoms. The first kappa shape index (κ1) is 33.7. The monoisotopic (exact) mass is 552 g/mol. The van der Waals surface area contributed by atoms with Crippen molar-refractivity contribution in [3.63, 3.8) is 0 Å². The molecule has 0 aliphatic heterocycles. The van der Waals surface area contributed by atoms with Crippen molar-refractivity contribution in [1.29, 1.82) is 0 Å². The maximum absolute atomic E-state index is 11.9. The van der Waals surface area contributed by atoms with Gasteiger partial charge in [-0.1, -0.05) is 18.2 Å². The highest BCUT2D eigenvalue weighted by molar-refractivity contribution is 5.89. The molecule has 0 N–H and O–H groups in total. The summed E-state index contributed by atoms with van der Waals surface area (Å²) < 4.78 is 20.6. The van der Waals surface area contributed by atoms with Gasteiger partial charge < -0.3 is 23.7 Å². The molecule has 1 aromatic carbocycles. The minimum atomic E-state index is -0.580. The van der Waals surface area contributed by atoms with Crippen LogP contribution in [0.2, 0.25) is 0 Å². The van der Waals surface area contributed by atoms with Gasteiger partial charge in [0.2, 0.25) is 0 Å². The number of unbranched alkanes of at least 4 members (excludes halogenated alkanes) is 3. The molecule has 0 saturated carbocycles. The van der Waals surface area contributed by atoms with Crippen molar-refractivity contribution in [2.75, 3.05) is 19.8 Å². The molecule has 0 fully saturated rings. The van der Waals surface area contributed by atoms with Crippen molar-refractivity contribution in [3.8, 4) is 0 Å². The quantitative estimate of drug-likeness (QED) is 0.0547. The fourth-order valence-corrected chi connectivity index (χ4v) is 3.01. The first-order chi connectivity index (χ1) is 18.7. The van der Waals surface area contributed by atoms with E-state index in [0.717, 1.165) is 6.29 Å². The van der Waals surface area contributed by atoms with Crippen molar-refractivity contribution in [2.24, 2.45) is 0 Å². The molecule has 1 rings (SSSR count). The van der Waals surface area contributed by atoms with Crippen LogP contribution in [-0.2, 0) is 47.9 Å². The van der Waals surface area contributed by atoms with E-state index in [1.165, 1.54) is 0 Å². The van der Waals surface area contributed by atoms with Crippen LogP contribution in [0.5, 0.6) is 0 Å². The molecule has 0 spiro atoms. The number of carbonyl (C=O) groups is 5. The molecule has 11 nitrogen and oxygen atoms in total. The fourth-order valence-electron chi connectivity index (χ4n) is 3.01. The summed E-state index contributed by atoms with van der Waals surface area (Å²) in [5.41, 5.74) is 0.440. The molecule has 0 aliphatic rings. The lowest BCUT2D eigenvalue weighted by atomic mass is 10.2. The normalized spacial score (nSPS) is 13.0. The van der Waals surface area contributed by atoms with Gasteiger partial charge in [0.05, 0.1) is 5.56 Å². The second-order valence-corrected chi connectivity index (χ2v) is 9.06. The van der Waals surface area contributed by atoms with Crippen LogP contribution in [0.25, 0.3) is 0 Å². The molecule has 39 heavy (non-hydrogen) atoms. The highest BCUT2D eigenvalue weighted by atomic mass is 17.2. The lowest BCUT2D eigenvalue weighted by molar-refractivity contribution is -0.351. The second kappa shape index (κ2) is 20.6. The Hall–Kier alpha value is -3.31. The number of benzene rings is 1. The third-order valence-electron chi connectivity index (χ3n) is 5.10. The smallest absolute Gasteiger partial charge is 0.338 e. The highest BCUT2D eigenvalue weighted by Crippen LogP contribution is 2.08. The molecule has 1 aromatic rings. The molecule has 218 valence electrons. The van der Waals surface area contributed by atoms with Crippen LogP contribution < -0.4 is 0 Å². The van der Waals surface area contributed by atoms with E-state index < -0.39 is 42.2 Å². The van der Waals surface area contributed by atoms with Crippen LogP contribution >= 0.6 is 0 Å². The largest absolute Gasteiger partial charge is 0.463 e. The van der Waals surface area contributed by atoms with E-state index in [-0.39, 0.29) is 39.1 Å². The van der Waals surface area contributed by atoms with Crippen LogP contribution in [0.15, 0.2) is 30.3 Å². The van der Waals surface area contributed by atoms with Crippen molar-refractivity contribution < 1.29 is 52.7 Å². The van der Waals surface area contributed by atoms with Crippen LogP contribution in [-0.4, -0.2) is 68.3 Å². The molecule has 0 saturated heterocycles. The predicted molar refractivity (Wildman–Crippen MR) is 138 cm³/mol. The molecule has 0 heterocycles. The van der Waals surface area contributed by atoms with E-state index >= 15 is 0 Å². The molecule has 3 unspecified atom stereocenters. The third kappa shape index (κ3) is 17.8. The predicted octanol–water partition coefficient (Wildman–Crippen LogP) is 3.91. The highest BCUT2D eigenvalue weighted by Gasteiger charge is 2.15.